The van der Waals surface area contributed by atoms with Crippen LogP contribution in [-0.2, 0) is 4.74 Å². The molecule has 0 spiro atoms. The fourth-order valence-corrected chi connectivity index (χ4v) is 1.86. The minimum absolute atomic E-state index is 0.526. The van der Waals surface area contributed by atoms with Crippen molar-refractivity contribution in [2.75, 3.05) is 6.61 Å². The highest BCUT2D eigenvalue weighted by molar-refractivity contribution is 4.87. The molecule has 1 aliphatic heterocycles. The van der Waals surface area contributed by atoms with Gasteiger partial charge in [0.15, 0.2) is 6.29 Å². The molecule has 0 aliphatic carbocycles. The molecule has 1 aliphatic rings. The van der Waals surface area contributed by atoms with Gasteiger partial charge in [-0.2, -0.15) is 0 Å². The first-order valence-electron chi connectivity index (χ1n) is 7.27. The smallest absolute Gasteiger partial charge is 0.184 e. The Kier molecular flexibility index (Phi) is 11.3. The van der Waals surface area contributed by atoms with E-state index in [1.807, 2.05) is 0 Å². The van der Waals surface area contributed by atoms with Crippen LogP contribution in [0.15, 0.2) is 0 Å². The van der Waals surface area contributed by atoms with E-state index >= 15 is 0 Å². The van der Waals surface area contributed by atoms with Crippen molar-refractivity contribution in [1.82, 2.24) is 0 Å². The summed E-state index contributed by atoms with van der Waals surface area (Å²) in [5.41, 5.74) is 0. The highest BCUT2D eigenvalue weighted by Gasteiger charge is 2.42. The van der Waals surface area contributed by atoms with Crippen LogP contribution in [0.5, 0.6) is 0 Å². The van der Waals surface area contributed by atoms with Crippen molar-refractivity contribution >= 4 is 0 Å². The van der Waals surface area contributed by atoms with Crippen LogP contribution in [0.3, 0.4) is 0 Å². The summed E-state index contributed by atoms with van der Waals surface area (Å²) in [4.78, 5) is 0. The molecule has 0 aromatic heterocycles. The van der Waals surface area contributed by atoms with Gasteiger partial charge in [0, 0.05) is 0 Å². The molecule has 5 atom stereocenters. The molecule has 0 bridgehead atoms. The summed E-state index contributed by atoms with van der Waals surface area (Å²) in [7, 11) is 0. The van der Waals surface area contributed by atoms with Gasteiger partial charge < -0.3 is 30.3 Å². The average molecular weight is 293 g/mol. The molecule has 0 saturated carbocycles. The first-order valence-corrected chi connectivity index (χ1v) is 7.27. The van der Waals surface area contributed by atoms with Crippen LogP contribution >= 0.6 is 0 Å². The monoisotopic (exact) mass is 293 g/mol. The zero-order valence-electron chi connectivity index (χ0n) is 12.2. The third-order valence-electron chi connectivity index (χ3n) is 3.22. The molecule has 1 rings (SSSR count). The summed E-state index contributed by atoms with van der Waals surface area (Å²) in [6.07, 6.45) is 0.936. The van der Waals surface area contributed by atoms with Crippen molar-refractivity contribution < 1.29 is 30.3 Å². The van der Waals surface area contributed by atoms with Gasteiger partial charge in [-0.1, -0.05) is 52.4 Å². The van der Waals surface area contributed by atoms with Gasteiger partial charge in [0.25, 0.3) is 0 Å². The Bertz CT molecular complexity index is 215. The molecule has 6 heteroatoms. The Balaban J connectivity index is 0.000000396. The van der Waals surface area contributed by atoms with E-state index in [2.05, 4.69) is 18.6 Å². The Morgan fingerprint density at radius 3 is 2.00 bits per heavy atom. The number of unbranched alkanes of at least 4 members (excludes halogenated alkanes) is 5. The molecule has 121 valence electrons. The lowest BCUT2D eigenvalue weighted by atomic mass is 10.00. The number of rotatable bonds is 6. The molecular weight excluding hydrogens is 264 g/mol. The van der Waals surface area contributed by atoms with Crippen LogP contribution in [0.25, 0.3) is 0 Å². The summed E-state index contributed by atoms with van der Waals surface area (Å²) in [6.45, 7) is 5.50. The Morgan fingerprint density at radius 2 is 1.50 bits per heavy atom. The van der Waals surface area contributed by atoms with Crippen LogP contribution in [0.2, 0.25) is 0 Å². The highest BCUT2D eigenvalue weighted by atomic mass is 16.6. The van der Waals surface area contributed by atoms with Gasteiger partial charge >= 0.3 is 0 Å². The molecule has 1 fully saturated rings. The van der Waals surface area contributed by atoms with E-state index in [1.165, 1.54) is 32.1 Å². The maximum absolute atomic E-state index is 9.12. The molecule has 1 heterocycles. The number of hydrogen-bond donors (Lipinski definition) is 5. The van der Waals surface area contributed by atoms with Crippen LogP contribution in [0.4, 0.5) is 0 Å². The van der Waals surface area contributed by atoms with Crippen LogP contribution in [0.1, 0.15) is 45.4 Å². The van der Waals surface area contributed by atoms with E-state index in [-0.39, 0.29) is 0 Å². The maximum Gasteiger partial charge on any atom is 0.184 e. The number of ether oxygens (including phenoxy) is 1. The molecular formula is C14H29O6. The zero-order chi connectivity index (χ0) is 15.5. The van der Waals surface area contributed by atoms with E-state index < -0.39 is 37.3 Å². The normalized spacial score (nSPS) is 33.5. The third kappa shape index (κ3) is 6.97. The Hall–Kier alpha value is -0.240. The van der Waals surface area contributed by atoms with Crippen molar-refractivity contribution in [2.45, 2.75) is 76.2 Å². The average Bonchev–Trinajstić information content (AvgIpc) is 2.46. The van der Waals surface area contributed by atoms with E-state index in [0.29, 0.717) is 0 Å². The Morgan fingerprint density at radius 1 is 0.900 bits per heavy atom. The first-order chi connectivity index (χ1) is 9.49. The van der Waals surface area contributed by atoms with Gasteiger partial charge in [0.05, 0.1) is 6.61 Å². The van der Waals surface area contributed by atoms with Gasteiger partial charge in [-0.25, -0.2) is 0 Å². The molecule has 0 unspecified atom stereocenters. The predicted molar refractivity (Wildman–Crippen MR) is 74.7 cm³/mol. The fourth-order valence-electron chi connectivity index (χ4n) is 1.86. The van der Waals surface area contributed by atoms with Gasteiger partial charge in [-0.15, -0.1) is 0 Å². The van der Waals surface area contributed by atoms with Crippen molar-refractivity contribution in [2.24, 2.45) is 0 Å². The topological polar surface area (TPSA) is 110 Å². The second-order valence-electron chi connectivity index (χ2n) is 4.99. The molecule has 6 nitrogen and oxygen atoms in total. The largest absolute Gasteiger partial charge is 0.394 e. The van der Waals surface area contributed by atoms with E-state index in [4.69, 9.17) is 25.5 Å². The quantitative estimate of drug-likeness (QED) is 0.440. The first kappa shape index (κ1) is 19.8. The zero-order valence-corrected chi connectivity index (χ0v) is 12.2. The number of hydrogen-bond acceptors (Lipinski definition) is 6. The summed E-state index contributed by atoms with van der Waals surface area (Å²) in [5.74, 6) is 0. The lowest BCUT2D eigenvalue weighted by Gasteiger charge is -2.37. The molecule has 0 amide bonds. The SMILES string of the molecule is OC[C@H]1O[C@@H](O)[C@H](O)[C@@H](O)[C@@H]1O.[CH2]CCCCCCC. The summed E-state index contributed by atoms with van der Waals surface area (Å²) in [6, 6.07) is 0. The van der Waals surface area contributed by atoms with E-state index in [0.717, 1.165) is 6.42 Å². The molecule has 0 aromatic carbocycles. The van der Waals surface area contributed by atoms with Crippen LogP contribution in [0, 0.1) is 6.92 Å². The van der Waals surface area contributed by atoms with Gasteiger partial charge in [0.2, 0.25) is 0 Å². The van der Waals surface area contributed by atoms with Gasteiger partial charge in [-0.3, -0.25) is 0 Å². The summed E-state index contributed by atoms with van der Waals surface area (Å²) >= 11 is 0. The van der Waals surface area contributed by atoms with E-state index in [9.17, 15) is 0 Å². The van der Waals surface area contributed by atoms with Gasteiger partial charge in [0.1, 0.15) is 24.4 Å². The van der Waals surface area contributed by atoms with Crippen molar-refractivity contribution in [3.8, 4) is 0 Å². The molecule has 5 N–H and O–H groups in total. The van der Waals surface area contributed by atoms with Crippen LogP contribution < -0.4 is 0 Å². The van der Waals surface area contributed by atoms with E-state index in [1.54, 1.807) is 0 Å². The van der Waals surface area contributed by atoms with Crippen LogP contribution in [-0.4, -0.2) is 62.8 Å². The lowest BCUT2D eigenvalue weighted by Crippen LogP contribution is -2.58. The van der Waals surface area contributed by atoms with Crippen molar-refractivity contribution in [3.63, 3.8) is 0 Å². The van der Waals surface area contributed by atoms with Crippen molar-refractivity contribution in [3.05, 3.63) is 6.92 Å². The third-order valence-corrected chi connectivity index (χ3v) is 3.22. The minimum atomic E-state index is -1.57. The molecule has 20 heavy (non-hydrogen) atoms. The van der Waals surface area contributed by atoms with Gasteiger partial charge in [-0.05, 0) is 0 Å². The molecule has 0 aromatic rings. The molecule has 1 saturated heterocycles. The number of aliphatic hydroxyl groups excluding tert-OH is 5. The number of aliphatic hydroxyl groups is 5. The minimum Gasteiger partial charge on any atom is -0.394 e. The fraction of sp³-hybridized carbons (Fsp3) is 0.929. The second kappa shape index (κ2) is 11.4. The maximum atomic E-state index is 9.12. The predicted octanol–water partition coefficient (Wildman–Crippen LogP) is -0.0404. The standard InChI is InChI=1S/C8H17.C6H12O6/c1-3-5-7-8-6-4-2;7-1-2-3(8)4(9)5(10)6(11)12-2/h1,3-8H2,2H3;2-11H,1H2/t;2-,3-,4+,5-,6-/m.1/s1. The molecule has 1 radical (unpaired) electrons. The Labute approximate surface area is 121 Å². The highest BCUT2D eigenvalue weighted by Crippen LogP contribution is 2.18. The lowest BCUT2D eigenvalue weighted by molar-refractivity contribution is -0.286. The van der Waals surface area contributed by atoms with Crippen molar-refractivity contribution in [1.29, 1.82) is 0 Å². The second-order valence-corrected chi connectivity index (χ2v) is 4.99. The summed E-state index contributed by atoms with van der Waals surface area (Å²) < 4.78 is 4.58. The summed E-state index contributed by atoms with van der Waals surface area (Å²) in [5, 5.41) is 44.7.